The van der Waals surface area contributed by atoms with Crippen molar-refractivity contribution >= 4 is 28.7 Å². The highest BCUT2D eigenvalue weighted by atomic mass is 127. The maximum Gasteiger partial charge on any atom is 0.214 e. The van der Waals surface area contributed by atoms with Gasteiger partial charge in [-0.05, 0) is 49.1 Å². The van der Waals surface area contributed by atoms with Crippen molar-refractivity contribution in [2.24, 2.45) is 7.05 Å². The summed E-state index contributed by atoms with van der Waals surface area (Å²) in [6.45, 7) is 2.21. The van der Waals surface area contributed by atoms with Gasteiger partial charge in [0.15, 0.2) is 11.5 Å². The van der Waals surface area contributed by atoms with Crippen molar-refractivity contribution < 1.29 is 43.1 Å². The molecule has 4 rings (SSSR count). The van der Waals surface area contributed by atoms with E-state index in [2.05, 4.69) is 52.9 Å². The lowest BCUT2D eigenvalue weighted by Gasteiger charge is -2.29. The van der Waals surface area contributed by atoms with Crippen LogP contribution in [-0.2, 0) is 7.05 Å². The Hall–Kier alpha value is -2.48. The molecule has 1 aliphatic heterocycles. The molecular formula is C25H29IN2O3. The first kappa shape index (κ1) is 23.2. The normalized spacial score (nSPS) is 14.0. The predicted molar refractivity (Wildman–Crippen MR) is 121 cm³/mol. The quantitative estimate of drug-likeness (QED) is 0.401. The minimum Gasteiger partial charge on any atom is -1.00 e. The molecule has 0 aliphatic carbocycles. The zero-order chi connectivity index (χ0) is 21.1. The summed E-state index contributed by atoms with van der Waals surface area (Å²) in [6.07, 6.45) is 7.92. The number of aromatic hydroxyl groups is 1. The van der Waals surface area contributed by atoms with Crippen molar-refractivity contribution in [3.05, 3.63) is 53.7 Å². The zero-order valence-corrected chi connectivity index (χ0v) is 20.4. The fraction of sp³-hybridized carbons (Fsp3) is 0.320. The van der Waals surface area contributed by atoms with Crippen LogP contribution in [0.4, 0.5) is 5.69 Å². The number of rotatable bonds is 5. The Morgan fingerprint density at radius 2 is 1.58 bits per heavy atom. The molecule has 0 bridgehead atoms. The highest BCUT2D eigenvalue weighted by molar-refractivity contribution is 5.91. The number of phenols is 1. The lowest BCUT2D eigenvalue weighted by atomic mass is 10.1. The van der Waals surface area contributed by atoms with Crippen LogP contribution in [0.2, 0.25) is 0 Å². The van der Waals surface area contributed by atoms with Gasteiger partial charge in [0.1, 0.15) is 7.05 Å². The summed E-state index contributed by atoms with van der Waals surface area (Å²) in [5.74, 6) is 0.803. The smallest absolute Gasteiger partial charge is 0.214 e. The van der Waals surface area contributed by atoms with Gasteiger partial charge in [-0.1, -0.05) is 12.1 Å². The Balaban J connectivity index is 0.00000272. The van der Waals surface area contributed by atoms with Crippen molar-refractivity contribution in [3.8, 4) is 17.2 Å². The number of methoxy groups -OCH3 is 2. The summed E-state index contributed by atoms with van der Waals surface area (Å²) in [5.41, 5.74) is 4.51. The molecule has 0 unspecified atom stereocenters. The number of benzene rings is 2. The van der Waals surface area contributed by atoms with Gasteiger partial charge < -0.3 is 43.5 Å². The van der Waals surface area contributed by atoms with E-state index in [1.165, 1.54) is 50.1 Å². The van der Waals surface area contributed by atoms with Crippen LogP contribution in [0.3, 0.4) is 0 Å². The molecule has 3 aromatic rings. The molecule has 164 valence electrons. The predicted octanol–water partition coefficient (Wildman–Crippen LogP) is 1.55. The first-order chi connectivity index (χ1) is 14.6. The average molecular weight is 532 g/mol. The van der Waals surface area contributed by atoms with Crippen LogP contribution >= 0.6 is 0 Å². The van der Waals surface area contributed by atoms with Gasteiger partial charge in [0, 0.05) is 31.3 Å². The van der Waals surface area contributed by atoms with Gasteiger partial charge in [-0.3, -0.25) is 0 Å². The first-order valence-electron chi connectivity index (χ1n) is 10.4. The fourth-order valence-corrected chi connectivity index (χ4v) is 4.18. The highest BCUT2D eigenvalue weighted by Crippen LogP contribution is 2.37. The standard InChI is InChI=1S/C25H28N2O3.HI/c1-26-19(12-11-18-15-23(29-2)25(28)24(16-18)30-3)17-22(27-13-7-4-8-14-27)20-9-5-6-10-21(20)26;/h5-6,9-12,15-17H,4,7-8,13-14H2,1-3H3;1H. The number of aryl methyl sites for hydroxylation is 1. The third-order valence-corrected chi connectivity index (χ3v) is 5.86. The highest BCUT2D eigenvalue weighted by Gasteiger charge is 2.20. The first-order valence-corrected chi connectivity index (χ1v) is 10.4. The van der Waals surface area contributed by atoms with Gasteiger partial charge in [-0.15, -0.1) is 0 Å². The van der Waals surface area contributed by atoms with Gasteiger partial charge in [-0.2, -0.15) is 4.57 Å². The summed E-state index contributed by atoms with van der Waals surface area (Å²) in [4.78, 5) is 2.51. The second kappa shape index (κ2) is 10.2. The Bertz CT molecular complexity index is 1070. The fourth-order valence-electron chi connectivity index (χ4n) is 4.18. The largest absolute Gasteiger partial charge is 1.00 e. The molecule has 1 saturated heterocycles. The van der Waals surface area contributed by atoms with E-state index in [-0.39, 0.29) is 29.7 Å². The summed E-state index contributed by atoms with van der Waals surface area (Å²) in [7, 11) is 5.17. The minimum atomic E-state index is 0. The molecule has 0 atom stereocenters. The molecule has 1 fully saturated rings. The SMILES string of the molecule is COc1cc(/C=C/c2cc(N3CCCCC3)c3ccccc3[n+]2C)cc(OC)c1O.[I-]. The van der Waals surface area contributed by atoms with Gasteiger partial charge in [0.2, 0.25) is 17.0 Å². The van der Waals surface area contributed by atoms with Gasteiger partial charge in [0.05, 0.1) is 25.3 Å². The Morgan fingerprint density at radius 1 is 0.935 bits per heavy atom. The van der Waals surface area contributed by atoms with Gasteiger partial charge in [0.25, 0.3) is 0 Å². The molecule has 2 heterocycles. The molecular weight excluding hydrogens is 503 g/mol. The third-order valence-electron chi connectivity index (χ3n) is 5.86. The van der Waals surface area contributed by atoms with Crippen molar-refractivity contribution in [1.29, 1.82) is 0 Å². The molecule has 5 nitrogen and oxygen atoms in total. The number of halogens is 1. The Labute approximate surface area is 200 Å². The van der Waals surface area contributed by atoms with E-state index in [1.54, 1.807) is 12.1 Å². The molecule has 1 N–H and O–H groups in total. The van der Waals surface area contributed by atoms with E-state index in [9.17, 15) is 5.11 Å². The zero-order valence-electron chi connectivity index (χ0n) is 18.3. The van der Waals surface area contributed by atoms with E-state index in [1.807, 2.05) is 6.08 Å². The monoisotopic (exact) mass is 532 g/mol. The van der Waals surface area contributed by atoms with Crippen LogP contribution in [0.5, 0.6) is 17.2 Å². The Morgan fingerprint density at radius 3 is 2.23 bits per heavy atom. The van der Waals surface area contributed by atoms with Crippen LogP contribution in [0.25, 0.3) is 23.1 Å². The van der Waals surface area contributed by atoms with Crippen LogP contribution in [0.15, 0.2) is 42.5 Å². The van der Waals surface area contributed by atoms with E-state index in [0.29, 0.717) is 11.5 Å². The second-order valence-corrected chi connectivity index (χ2v) is 7.69. The van der Waals surface area contributed by atoms with Gasteiger partial charge in [-0.25, -0.2) is 0 Å². The molecule has 0 radical (unpaired) electrons. The summed E-state index contributed by atoms with van der Waals surface area (Å²) in [5, 5.41) is 11.4. The van der Waals surface area contributed by atoms with Crippen molar-refractivity contribution in [1.82, 2.24) is 0 Å². The average Bonchev–Trinajstić information content (AvgIpc) is 2.80. The van der Waals surface area contributed by atoms with Crippen LogP contribution in [-0.4, -0.2) is 32.4 Å². The number of hydrogen-bond donors (Lipinski definition) is 1. The third kappa shape index (κ3) is 4.74. The summed E-state index contributed by atoms with van der Waals surface area (Å²) in [6, 6.07) is 14.5. The van der Waals surface area contributed by atoms with Crippen LogP contribution in [0.1, 0.15) is 30.5 Å². The van der Waals surface area contributed by atoms with Gasteiger partial charge >= 0.3 is 0 Å². The number of anilines is 1. The van der Waals surface area contributed by atoms with Crippen LogP contribution in [0, 0.1) is 0 Å². The summed E-state index contributed by atoms with van der Waals surface area (Å²) < 4.78 is 12.8. The molecule has 6 heteroatoms. The van der Waals surface area contributed by atoms with Crippen molar-refractivity contribution in [2.75, 3.05) is 32.2 Å². The maximum atomic E-state index is 10.2. The number of pyridine rings is 1. The molecule has 31 heavy (non-hydrogen) atoms. The number of para-hydroxylation sites is 1. The molecule has 1 aliphatic rings. The van der Waals surface area contributed by atoms with E-state index in [4.69, 9.17) is 9.47 Å². The summed E-state index contributed by atoms with van der Waals surface area (Å²) >= 11 is 0. The lowest BCUT2D eigenvalue weighted by Crippen LogP contribution is -3.00. The minimum absolute atomic E-state index is 0. The van der Waals surface area contributed by atoms with Crippen LogP contribution < -0.4 is 42.9 Å². The Kier molecular flexibility index (Phi) is 7.64. The number of nitrogens with zero attached hydrogens (tertiary/aromatic N) is 2. The number of fused-ring (bicyclic) bond motifs is 1. The molecule has 0 saturated carbocycles. The number of aromatic nitrogens is 1. The van der Waals surface area contributed by atoms with Crippen molar-refractivity contribution in [2.45, 2.75) is 19.3 Å². The topological polar surface area (TPSA) is 45.8 Å². The molecule has 0 amide bonds. The molecule has 2 aromatic carbocycles. The molecule has 0 spiro atoms. The number of piperidine rings is 1. The number of ether oxygens (including phenoxy) is 2. The van der Waals surface area contributed by atoms with E-state index < -0.39 is 0 Å². The number of phenolic OH excluding ortho intramolecular Hbond substituents is 1. The second-order valence-electron chi connectivity index (χ2n) is 7.69. The number of hydrogen-bond acceptors (Lipinski definition) is 4. The maximum absolute atomic E-state index is 10.2. The lowest BCUT2D eigenvalue weighted by molar-refractivity contribution is -0.646. The van der Waals surface area contributed by atoms with E-state index in [0.717, 1.165) is 24.3 Å². The van der Waals surface area contributed by atoms with E-state index >= 15 is 0 Å². The molecule has 1 aromatic heterocycles. The van der Waals surface area contributed by atoms with Crippen molar-refractivity contribution in [3.63, 3.8) is 0 Å².